The van der Waals surface area contributed by atoms with Gasteiger partial charge in [-0.1, -0.05) is 25.1 Å². The lowest BCUT2D eigenvalue weighted by atomic mass is 9.95. The molecule has 0 bridgehead atoms. The molecule has 29 heavy (non-hydrogen) atoms. The van der Waals surface area contributed by atoms with Crippen LogP contribution in [0, 0.1) is 0 Å². The van der Waals surface area contributed by atoms with E-state index >= 15 is 0 Å². The maximum absolute atomic E-state index is 13.4. The third-order valence-electron chi connectivity index (χ3n) is 6.21. The number of anilines is 1. The fourth-order valence-electron chi connectivity index (χ4n) is 4.65. The summed E-state index contributed by atoms with van der Waals surface area (Å²) in [5, 5.41) is 0.515. The second-order valence-corrected chi connectivity index (χ2v) is 7.92. The van der Waals surface area contributed by atoms with Crippen molar-refractivity contribution in [2.75, 3.05) is 11.4 Å². The number of carbonyl (C=O) groups is 1. The Morgan fingerprint density at radius 2 is 1.97 bits per heavy atom. The van der Waals surface area contributed by atoms with Crippen LogP contribution in [0.4, 0.5) is 5.69 Å². The Balaban J connectivity index is 1.56. The van der Waals surface area contributed by atoms with E-state index in [2.05, 4.69) is 16.0 Å². The lowest BCUT2D eigenvalue weighted by Gasteiger charge is -2.25. The second kappa shape index (κ2) is 7.10. The molecular weight excluding hydrogens is 364 g/mol. The minimum Gasteiger partial charge on any atom is -0.310 e. The number of para-hydroxylation sites is 1. The molecule has 6 heteroatoms. The van der Waals surface area contributed by atoms with Gasteiger partial charge < -0.3 is 4.90 Å². The summed E-state index contributed by atoms with van der Waals surface area (Å²) in [6, 6.07) is 9.36. The van der Waals surface area contributed by atoms with Crippen molar-refractivity contribution in [3.05, 3.63) is 63.8 Å². The molecule has 0 saturated heterocycles. The van der Waals surface area contributed by atoms with E-state index in [1.54, 1.807) is 0 Å². The summed E-state index contributed by atoms with van der Waals surface area (Å²) in [6.07, 6.45) is 7.03. The zero-order valence-corrected chi connectivity index (χ0v) is 16.6. The highest BCUT2D eigenvalue weighted by atomic mass is 16.2. The molecule has 0 saturated carbocycles. The van der Waals surface area contributed by atoms with Gasteiger partial charge in [0.05, 0.1) is 5.39 Å². The highest BCUT2D eigenvalue weighted by Crippen LogP contribution is 2.30. The van der Waals surface area contributed by atoms with E-state index in [0.29, 0.717) is 24.0 Å². The molecule has 3 heterocycles. The number of benzene rings is 1. The first-order valence-electron chi connectivity index (χ1n) is 10.5. The summed E-state index contributed by atoms with van der Waals surface area (Å²) < 4.78 is 1.50. The molecule has 0 spiro atoms. The van der Waals surface area contributed by atoms with E-state index < -0.39 is 6.04 Å². The van der Waals surface area contributed by atoms with Crippen molar-refractivity contribution in [3.63, 3.8) is 0 Å². The van der Waals surface area contributed by atoms with Gasteiger partial charge in [0, 0.05) is 17.9 Å². The lowest BCUT2D eigenvalue weighted by molar-refractivity contribution is -0.121. The van der Waals surface area contributed by atoms with E-state index in [1.165, 1.54) is 16.5 Å². The highest BCUT2D eigenvalue weighted by molar-refractivity contribution is 5.98. The van der Waals surface area contributed by atoms with Gasteiger partial charge >= 0.3 is 0 Å². The van der Waals surface area contributed by atoms with Gasteiger partial charge in [-0.3, -0.25) is 14.2 Å². The van der Waals surface area contributed by atoms with Crippen molar-refractivity contribution in [2.45, 2.75) is 51.5 Å². The quantitative estimate of drug-likeness (QED) is 0.691. The Kier molecular flexibility index (Phi) is 4.42. The van der Waals surface area contributed by atoms with E-state index in [1.807, 2.05) is 36.1 Å². The summed E-state index contributed by atoms with van der Waals surface area (Å²) in [7, 11) is 0. The monoisotopic (exact) mass is 388 g/mol. The van der Waals surface area contributed by atoms with Gasteiger partial charge in [-0.2, -0.15) is 0 Å². The SMILES string of the molecule is CC[C@@H](C(=O)N1CCc2ccccc21)n1cnc2nc3c(cc2c1=O)CCCC3. The first-order chi connectivity index (χ1) is 14.2. The van der Waals surface area contributed by atoms with Gasteiger partial charge in [0.2, 0.25) is 5.91 Å². The van der Waals surface area contributed by atoms with Crippen LogP contribution in [0.5, 0.6) is 0 Å². The Morgan fingerprint density at radius 1 is 1.14 bits per heavy atom. The van der Waals surface area contributed by atoms with Crippen LogP contribution in [0.3, 0.4) is 0 Å². The van der Waals surface area contributed by atoms with E-state index in [0.717, 1.165) is 49.0 Å². The predicted molar refractivity (Wildman–Crippen MR) is 112 cm³/mol. The third kappa shape index (κ3) is 2.94. The molecule has 2 aromatic heterocycles. The van der Waals surface area contributed by atoms with Crippen LogP contribution in [0.2, 0.25) is 0 Å². The number of fused-ring (bicyclic) bond motifs is 3. The number of aromatic nitrogens is 3. The van der Waals surface area contributed by atoms with Gasteiger partial charge in [-0.25, -0.2) is 9.97 Å². The van der Waals surface area contributed by atoms with Crippen LogP contribution in [0.1, 0.15) is 49.0 Å². The molecule has 2 aliphatic rings. The fraction of sp³-hybridized carbons (Fsp3) is 0.391. The number of amides is 1. The van der Waals surface area contributed by atoms with Gasteiger partial charge in [-0.05, 0) is 61.8 Å². The number of hydrogen-bond donors (Lipinski definition) is 0. The number of hydrogen-bond acceptors (Lipinski definition) is 4. The lowest BCUT2D eigenvalue weighted by Crippen LogP contribution is -2.39. The Bertz CT molecular complexity index is 1170. The molecule has 1 aliphatic carbocycles. The van der Waals surface area contributed by atoms with Gasteiger partial charge in [-0.15, -0.1) is 0 Å². The molecule has 0 fully saturated rings. The maximum Gasteiger partial charge on any atom is 0.263 e. The van der Waals surface area contributed by atoms with Gasteiger partial charge in [0.1, 0.15) is 12.4 Å². The van der Waals surface area contributed by atoms with E-state index in [4.69, 9.17) is 0 Å². The number of rotatable bonds is 3. The van der Waals surface area contributed by atoms with Crippen LogP contribution < -0.4 is 10.5 Å². The van der Waals surface area contributed by atoms with Crippen molar-refractivity contribution in [2.24, 2.45) is 0 Å². The maximum atomic E-state index is 13.4. The zero-order chi connectivity index (χ0) is 20.0. The first kappa shape index (κ1) is 18.0. The average molecular weight is 388 g/mol. The van der Waals surface area contributed by atoms with Gasteiger partial charge in [0.25, 0.3) is 5.56 Å². The minimum atomic E-state index is -0.568. The van der Waals surface area contributed by atoms with Crippen molar-refractivity contribution < 1.29 is 4.79 Å². The number of nitrogens with zero attached hydrogens (tertiary/aromatic N) is 4. The summed E-state index contributed by atoms with van der Waals surface area (Å²) in [5.74, 6) is -0.0494. The number of pyridine rings is 1. The van der Waals surface area contributed by atoms with Crippen LogP contribution in [-0.4, -0.2) is 27.0 Å². The Morgan fingerprint density at radius 3 is 2.83 bits per heavy atom. The van der Waals surface area contributed by atoms with Crippen molar-refractivity contribution in [1.82, 2.24) is 14.5 Å². The van der Waals surface area contributed by atoms with Crippen LogP contribution in [-0.2, 0) is 24.1 Å². The normalized spacial score (nSPS) is 16.5. The van der Waals surface area contributed by atoms with Gasteiger partial charge in [0.15, 0.2) is 5.65 Å². The van der Waals surface area contributed by atoms with E-state index in [-0.39, 0.29) is 11.5 Å². The molecule has 5 rings (SSSR count). The molecule has 6 nitrogen and oxygen atoms in total. The highest BCUT2D eigenvalue weighted by Gasteiger charge is 2.31. The topological polar surface area (TPSA) is 68.1 Å². The zero-order valence-electron chi connectivity index (χ0n) is 16.6. The Labute approximate surface area is 169 Å². The van der Waals surface area contributed by atoms with Crippen molar-refractivity contribution in [3.8, 4) is 0 Å². The van der Waals surface area contributed by atoms with Crippen LogP contribution in [0.25, 0.3) is 11.0 Å². The molecule has 3 aromatic rings. The average Bonchev–Trinajstić information content (AvgIpc) is 3.19. The third-order valence-corrected chi connectivity index (χ3v) is 6.21. The predicted octanol–water partition coefficient (Wildman–Crippen LogP) is 3.21. The molecule has 1 atom stereocenters. The smallest absolute Gasteiger partial charge is 0.263 e. The van der Waals surface area contributed by atoms with Crippen LogP contribution in [0.15, 0.2) is 41.5 Å². The molecule has 0 radical (unpaired) electrons. The summed E-state index contributed by atoms with van der Waals surface area (Å²) in [4.78, 5) is 37.6. The summed E-state index contributed by atoms with van der Waals surface area (Å²) in [5.41, 5.74) is 4.65. The molecule has 1 aliphatic heterocycles. The molecule has 1 aromatic carbocycles. The molecule has 1 amide bonds. The fourth-order valence-corrected chi connectivity index (χ4v) is 4.65. The van der Waals surface area contributed by atoms with Crippen LogP contribution >= 0.6 is 0 Å². The Hall–Kier alpha value is -3.02. The van der Waals surface area contributed by atoms with E-state index in [9.17, 15) is 9.59 Å². The van der Waals surface area contributed by atoms with Crippen molar-refractivity contribution >= 4 is 22.6 Å². The summed E-state index contributed by atoms with van der Waals surface area (Å²) >= 11 is 0. The minimum absolute atomic E-state index is 0.0494. The molecule has 0 unspecified atom stereocenters. The number of aryl methyl sites for hydroxylation is 2. The molecule has 0 N–H and O–H groups in total. The second-order valence-electron chi connectivity index (χ2n) is 7.92. The first-order valence-corrected chi connectivity index (χ1v) is 10.5. The molecular formula is C23H24N4O2. The molecule has 148 valence electrons. The van der Waals surface area contributed by atoms with Crippen molar-refractivity contribution in [1.29, 1.82) is 0 Å². The largest absolute Gasteiger partial charge is 0.310 e. The summed E-state index contributed by atoms with van der Waals surface area (Å²) in [6.45, 7) is 2.59. The standard InChI is InChI=1S/C23H24N4O2/c1-2-19(23(29)26-12-11-15-7-4-6-10-20(15)26)27-14-24-21-17(22(27)28)13-16-8-3-5-9-18(16)25-21/h4,6-7,10,13-14,19H,2-3,5,8-9,11-12H2,1H3/t19-/m0/s1. The number of carbonyl (C=O) groups excluding carboxylic acids is 1.